The van der Waals surface area contributed by atoms with Crippen LogP contribution in [0.4, 0.5) is 0 Å². The largest absolute Gasteiger partial charge is 0.353 e. The van der Waals surface area contributed by atoms with Gasteiger partial charge < -0.3 is 9.88 Å². The highest BCUT2D eigenvalue weighted by atomic mass is 16.2. The summed E-state index contributed by atoms with van der Waals surface area (Å²) >= 11 is 0. The van der Waals surface area contributed by atoms with E-state index in [1.54, 1.807) is 0 Å². The average Bonchev–Trinajstić information content (AvgIpc) is 3.18. The Morgan fingerprint density at radius 3 is 2.83 bits per heavy atom. The molecule has 0 atom stereocenters. The van der Waals surface area contributed by atoms with E-state index in [1.165, 1.54) is 29.6 Å². The second-order valence-electron chi connectivity index (χ2n) is 5.08. The number of hydrogen-bond donors (Lipinski definition) is 3. The summed E-state index contributed by atoms with van der Waals surface area (Å²) in [6.07, 6.45) is 1.36. The number of fused-ring (bicyclic) bond motifs is 1. The van der Waals surface area contributed by atoms with Crippen molar-refractivity contribution in [3.63, 3.8) is 0 Å². The highest BCUT2D eigenvalue weighted by molar-refractivity contribution is 5.85. The topological polar surface area (TPSA) is 127 Å². The molecule has 0 spiro atoms. The third kappa shape index (κ3) is 2.56. The third-order valence-corrected chi connectivity index (χ3v) is 3.53. The van der Waals surface area contributed by atoms with E-state index >= 15 is 0 Å². The van der Waals surface area contributed by atoms with Gasteiger partial charge in [0.15, 0.2) is 11.2 Å². The molecule has 1 aliphatic rings. The Morgan fingerprint density at radius 2 is 2.13 bits per heavy atom. The molecular formula is C12H16N8O3. The molecule has 0 fully saturated rings. The van der Waals surface area contributed by atoms with Gasteiger partial charge in [0.1, 0.15) is 6.54 Å². The lowest BCUT2D eigenvalue weighted by Gasteiger charge is -2.09. The van der Waals surface area contributed by atoms with Gasteiger partial charge in [0.05, 0.1) is 12.9 Å². The number of carbonyl (C=O) groups is 1. The van der Waals surface area contributed by atoms with Crippen molar-refractivity contribution < 1.29 is 4.79 Å². The van der Waals surface area contributed by atoms with Gasteiger partial charge in [-0.3, -0.25) is 34.6 Å². The molecule has 0 unspecified atom stereocenters. The van der Waals surface area contributed by atoms with Gasteiger partial charge in [-0.15, -0.1) is 0 Å². The third-order valence-electron chi connectivity index (χ3n) is 3.53. The first kappa shape index (κ1) is 14.8. The van der Waals surface area contributed by atoms with Crippen LogP contribution in [0.5, 0.6) is 0 Å². The van der Waals surface area contributed by atoms with Gasteiger partial charge in [0.25, 0.3) is 11.5 Å². The van der Waals surface area contributed by atoms with Crippen molar-refractivity contribution in [1.29, 1.82) is 0 Å². The highest BCUT2D eigenvalue weighted by Gasteiger charge is 2.16. The fourth-order valence-corrected chi connectivity index (χ4v) is 2.32. The predicted molar refractivity (Wildman–Crippen MR) is 81.8 cm³/mol. The molecular weight excluding hydrogens is 304 g/mol. The molecule has 0 radical (unpaired) electrons. The first-order valence-electron chi connectivity index (χ1n) is 6.93. The lowest BCUT2D eigenvalue weighted by molar-refractivity contribution is -0.122. The number of hydrogen-bond acceptors (Lipinski definition) is 7. The molecule has 0 saturated carbocycles. The maximum atomic E-state index is 12.2. The van der Waals surface area contributed by atoms with E-state index in [4.69, 9.17) is 0 Å². The van der Waals surface area contributed by atoms with E-state index in [0.29, 0.717) is 19.0 Å². The van der Waals surface area contributed by atoms with Gasteiger partial charge >= 0.3 is 5.69 Å². The molecule has 3 rings (SSSR count). The number of guanidine groups is 1. The summed E-state index contributed by atoms with van der Waals surface area (Å²) in [5.74, 6) is 0.115. The highest BCUT2D eigenvalue weighted by Crippen LogP contribution is 2.04. The van der Waals surface area contributed by atoms with Crippen molar-refractivity contribution in [2.75, 3.05) is 13.1 Å². The van der Waals surface area contributed by atoms with Gasteiger partial charge in [-0.2, -0.15) is 0 Å². The zero-order chi connectivity index (χ0) is 16.6. The van der Waals surface area contributed by atoms with Crippen molar-refractivity contribution in [3.05, 3.63) is 27.2 Å². The Labute approximate surface area is 129 Å². The normalized spacial score (nSPS) is 13.7. The van der Waals surface area contributed by atoms with Crippen LogP contribution >= 0.6 is 0 Å². The first-order valence-corrected chi connectivity index (χ1v) is 6.93. The average molecular weight is 320 g/mol. The van der Waals surface area contributed by atoms with Crippen LogP contribution in [-0.2, 0) is 25.4 Å². The van der Waals surface area contributed by atoms with Gasteiger partial charge in [0, 0.05) is 20.6 Å². The van der Waals surface area contributed by atoms with Crippen molar-refractivity contribution in [3.8, 4) is 0 Å². The van der Waals surface area contributed by atoms with Gasteiger partial charge in [-0.05, 0) is 0 Å². The summed E-state index contributed by atoms with van der Waals surface area (Å²) in [6.45, 7) is 1.24. The van der Waals surface area contributed by atoms with Gasteiger partial charge in [-0.25, -0.2) is 9.78 Å². The van der Waals surface area contributed by atoms with Crippen LogP contribution in [0, 0.1) is 0 Å². The number of carbonyl (C=O) groups excluding carboxylic acids is 1. The number of amides is 1. The van der Waals surface area contributed by atoms with Crippen LogP contribution in [0.15, 0.2) is 20.9 Å². The quantitative estimate of drug-likeness (QED) is 0.507. The lowest BCUT2D eigenvalue weighted by atomic mass is 10.4. The molecule has 11 heteroatoms. The minimum Gasteiger partial charge on any atom is -0.353 e. The van der Waals surface area contributed by atoms with Gasteiger partial charge in [0.2, 0.25) is 5.96 Å². The van der Waals surface area contributed by atoms with Gasteiger partial charge in [-0.1, -0.05) is 0 Å². The van der Waals surface area contributed by atoms with E-state index in [2.05, 4.69) is 26.1 Å². The smallest absolute Gasteiger partial charge is 0.332 e. The van der Waals surface area contributed by atoms with Crippen molar-refractivity contribution in [2.24, 2.45) is 19.1 Å². The van der Waals surface area contributed by atoms with E-state index < -0.39 is 11.2 Å². The molecule has 3 N–H and O–H groups in total. The van der Waals surface area contributed by atoms with Crippen molar-refractivity contribution in [1.82, 2.24) is 34.9 Å². The van der Waals surface area contributed by atoms with E-state index in [1.807, 2.05) is 0 Å². The van der Waals surface area contributed by atoms with E-state index in [0.717, 1.165) is 4.57 Å². The second kappa shape index (κ2) is 5.59. The standard InChI is InChI=1S/C12H16N8O3/c1-18-9-8(10(22)19(2)12(18)23)20(6-15-9)5-7(21)16-17-11-13-3-4-14-11/h6H,3-5H2,1-2H3,(H,16,21)(H2,13,14,17). The Morgan fingerprint density at radius 1 is 1.35 bits per heavy atom. The number of aryl methyl sites for hydroxylation is 1. The number of aliphatic imine (C=N–C) groups is 1. The number of hydrazine groups is 1. The minimum absolute atomic E-state index is 0.121. The van der Waals surface area contributed by atoms with Crippen molar-refractivity contribution in [2.45, 2.75) is 6.54 Å². The Kier molecular flexibility index (Phi) is 3.60. The number of imidazole rings is 1. The Bertz CT molecular complexity index is 919. The minimum atomic E-state index is -0.497. The zero-order valence-electron chi connectivity index (χ0n) is 12.7. The molecule has 122 valence electrons. The molecule has 11 nitrogen and oxygen atoms in total. The summed E-state index contributed by atoms with van der Waals surface area (Å²) < 4.78 is 3.65. The monoisotopic (exact) mass is 320 g/mol. The maximum Gasteiger partial charge on any atom is 0.332 e. The number of aromatic nitrogens is 4. The van der Waals surface area contributed by atoms with Crippen LogP contribution in [-0.4, -0.2) is 43.6 Å². The molecule has 0 aromatic carbocycles. The fraction of sp³-hybridized carbons (Fsp3) is 0.417. The van der Waals surface area contributed by atoms with Crippen LogP contribution < -0.4 is 27.4 Å². The van der Waals surface area contributed by atoms with Crippen LogP contribution in [0.1, 0.15) is 0 Å². The second-order valence-corrected chi connectivity index (χ2v) is 5.08. The summed E-state index contributed by atoms with van der Waals surface area (Å²) in [7, 11) is 2.90. The Balaban J connectivity index is 1.85. The summed E-state index contributed by atoms with van der Waals surface area (Å²) in [6, 6.07) is 0. The molecule has 1 amide bonds. The summed E-state index contributed by atoms with van der Waals surface area (Å²) in [4.78, 5) is 44.2. The number of nitrogens with zero attached hydrogens (tertiary/aromatic N) is 5. The molecule has 23 heavy (non-hydrogen) atoms. The zero-order valence-corrected chi connectivity index (χ0v) is 12.7. The molecule has 2 aromatic heterocycles. The summed E-state index contributed by atoms with van der Waals surface area (Å²) in [5, 5.41) is 2.94. The van der Waals surface area contributed by atoms with E-state index in [9.17, 15) is 14.4 Å². The first-order chi connectivity index (χ1) is 11.0. The number of rotatable bonds is 2. The molecule has 3 heterocycles. The summed E-state index contributed by atoms with van der Waals surface area (Å²) in [5.41, 5.74) is 4.60. The fourth-order valence-electron chi connectivity index (χ4n) is 2.32. The van der Waals surface area contributed by atoms with Crippen LogP contribution in [0.2, 0.25) is 0 Å². The molecule has 0 aliphatic carbocycles. The van der Waals surface area contributed by atoms with Crippen molar-refractivity contribution >= 4 is 23.0 Å². The maximum absolute atomic E-state index is 12.2. The predicted octanol–water partition coefficient (Wildman–Crippen LogP) is -2.99. The lowest BCUT2D eigenvalue weighted by Crippen LogP contribution is -2.47. The Hall–Kier alpha value is -3.11. The molecule has 2 aromatic rings. The molecule has 0 saturated heterocycles. The van der Waals surface area contributed by atoms with Crippen LogP contribution in [0.3, 0.4) is 0 Å². The molecule has 1 aliphatic heterocycles. The van der Waals surface area contributed by atoms with E-state index in [-0.39, 0.29) is 23.6 Å². The van der Waals surface area contributed by atoms with Crippen LogP contribution in [0.25, 0.3) is 11.2 Å². The number of nitrogens with one attached hydrogen (secondary N) is 3. The SMILES string of the molecule is Cn1c(=O)c2c(ncn2CC(=O)NNC2=NCCN2)n(C)c1=O. The molecule has 0 bridgehead atoms.